The summed E-state index contributed by atoms with van der Waals surface area (Å²) >= 11 is 1.70. The van der Waals surface area contributed by atoms with Gasteiger partial charge >= 0.3 is 0 Å². The number of thiazole rings is 1. The minimum Gasteiger partial charge on any atom is -0.305 e. The monoisotopic (exact) mass is 276 g/mol. The van der Waals surface area contributed by atoms with Crippen LogP contribution in [0.15, 0.2) is 17.8 Å². The number of nitrogens with zero attached hydrogens (tertiary/aromatic N) is 3. The van der Waals surface area contributed by atoms with E-state index in [2.05, 4.69) is 46.4 Å². The summed E-state index contributed by atoms with van der Waals surface area (Å²) in [6.45, 7) is 9.98. The lowest BCUT2D eigenvalue weighted by molar-refractivity contribution is 0.568. The SMILES string of the molecule is Cc1cnc(CNCc2nc(C(C)(C)C)cs2)cn1. The quantitative estimate of drug-likeness (QED) is 0.933. The second kappa shape index (κ2) is 5.75. The van der Waals surface area contributed by atoms with Gasteiger partial charge in [-0.05, 0) is 6.92 Å². The Kier molecular flexibility index (Phi) is 4.27. The fraction of sp³-hybridized carbons (Fsp3) is 0.500. The van der Waals surface area contributed by atoms with Gasteiger partial charge in [-0.1, -0.05) is 20.8 Å². The Labute approximate surface area is 118 Å². The third kappa shape index (κ3) is 4.08. The minimum absolute atomic E-state index is 0.122. The van der Waals surface area contributed by atoms with Crippen molar-refractivity contribution >= 4 is 11.3 Å². The molecule has 0 saturated heterocycles. The molecule has 4 nitrogen and oxygen atoms in total. The molecule has 1 N–H and O–H groups in total. The number of rotatable bonds is 4. The van der Waals surface area contributed by atoms with Gasteiger partial charge in [-0.15, -0.1) is 11.3 Å². The Morgan fingerprint density at radius 1 is 1.16 bits per heavy atom. The van der Waals surface area contributed by atoms with Crippen molar-refractivity contribution in [1.82, 2.24) is 20.3 Å². The fourth-order valence-corrected chi connectivity index (χ4v) is 2.54. The van der Waals surface area contributed by atoms with E-state index in [0.29, 0.717) is 0 Å². The van der Waals surface area contributed by atoms with Gasteiger partial charge in [-0.25, -0.2) is 4.98 Å². The highest BCUT2D eigenvalue weighted by Gasteiger charge is 2.17. The smallest absolute Gasteiger partial charge is 0.107 e. The molecular formula is C14H20N4S. The normalized spacial score (nSPS) is 11.8. The van der Waals surface area contributed by atoms with Crippen LogP contribution in [-0.2, 0) is 18.5 Å². The van der Waals surface area contributed by atoms with E-state index >= 15 is 0 Å². The van der Waals surface area contributed by atoms with Gasteiger partial charge in [-0.2, -0.15) is 0 Å². The molecule has 2 aromatic heterocycles. The Morgan fingerprint density at radius 2 is 1.95 bits per heavy atom. The lowest BCUT2D eigenvalue weighted by Gasteiger charge is -2.14. The molecule has 0 radical (unpaired) electrons. The van der Waals surface area contributed by atoms with Crippen LogP contribution in [0.1, 0.15) is 42.9 Å². The van der Waals surface area contributed by atoms with Gasteiger partial charge in [0, 0.05) is 36.3 Å². The highest BCUT2D eigenvalue weighted by molar-refractivity contribution is 7.09. The molecule has 2 rings (SSSR count). The van der Waals surface area contributed by atoms with Gasteiger partial charge in [0.2, 0.25) is 0 Å². The third-order valence-electron chi connectivity index (χ3n) is 2.74. The topological polar surface area (TPSA) is 50.7 Å². The molecule has 19 heavy (non-hydrogen) atoms. The van der Waals surface area contributed by atoms with E-state index in [1.165, 1.54) is 0 Å². The predicted octanol–water partition coefficient (Wildman–Crippen LogP) is 2.83. The number of aryl methyl sites for hydroxylation is 1. The molecule has 0 aliphatic carbocycles. The maximum absolute atomic E-state index is 4.65. The van der Waals surface area contributed by atoms with Gasteiger partial charge in [0.25, 0.3) is 0 Å². The third-order valence-corrected chi connectivity index (χ3v) is 3.59. The Balaban J connectivity index is 1.86. The average Bonchev–Trinajstić information content (AvgIpc) is 2.80. The molecule has 0 aliphatic rings. The van der Waals surface area contributed by atoms with Crippen molar-refractivity contribution in [3.05, 3.63) is 39.9 Å². The van der Waals surface area contributed by atoms with Gasteiger partial charge in [0.1, 0.15) is 5.01 Å². The Hall–Kier alpha value is -1.33. The average molecular weight is 276 g/mol. The summed E-state index contributed by atoms with van der Waals surface area (Å²) in [5.74, 6) is 0. The Morgan fingerprint density at radius 3 is 2.53 bits per heavy atom. The number of hydrogen-bond donors (Lipinski definition) is 1. The summed E-state index contributed by atoms with van der Waals surface area (Å²) in [6, 6.07) is 0. The molecule has 0 saturated carbocycles. The molecule has 0 aliphatic heterocycles. The van der Waals surface area contributed by atoms with E-state index < -0.39 is 0 Å². The van der Waals surface area contributed by atoms with Gasteiger partial charge in [0.05, 0.1) is 17.1 Å². The van der Waals surface area contributed by atoms with Crippen LogP contribution in [0.4, 0.5) is 0 Å². The summed E-state index contributed by atoms with van der Waals surface area (Å²) in [6.07, 6.45) is 3.60. The Bertz CT molecular complexity index is 525. The van der Waals surface area contributed by atoms with Crippen LogP contribution in [0, 0.1) is 6.92 Å². The van der Waals surface area contributed by atoms with Crippen LogP contribution in [0.3, 0.4) is 0 Å². The van der Waals surface area contributed by atoms with E-state index in [4.69, 9.17) is 0 Å². The van der Waals surface area contributed by atoms with E-state index in [9.17, 15) is 0 Å². The number of nitrogens with one attached hydrogen (secondary N) is 1. The van der Waals surface area contributed by atoms with Crippen molar-refractivity contribution in [2.45, 2.75) is 46.2 Å². The predicted molar refractivity (Wildman–Crippen MR) is 78.1 cm³/mol. The lowest BCUT2D eigenvalue weighted by Crippen LogP contribution is -2.15. The van der Waals surface area contributed by atoms with E-state index in [0.717, 1.165) is 35.2 Å². The maximum Gasteiger partial charge on any atom is 0.107 e. The first kappa shape index (κ1) is 14.1. The molecule has 2 aromatic rings. The van der Waals surface area contributed by atoms with Crippen molar-refractivity contribution in [1.29, 1.82) is 0 Å². The molecule has 0 spiro atoms. The number of aromatic nitrogens is 3. The number of hydrogen-bond acceptors (Lipinski definition) is 5. The van der Waals surface area contributed by atoms with Crippen LogP contribution < -0.4 is 5.32 Å². The van der Waals surface area contributed by atoms with E-state index in [-0.39, 0.29) is 5.41 Å². The zero-order chi connectivity index (χ0) is 13.9. The summed E-state index contributed by atoms with van der Waals surface area (Å²) in [5.41, 5.74) is 3.18. The molecule has 2 heterocycles. The van der Waals surface area contributed by atoms with Gasteiger partial charge < -0.3 is 5.32 Å². The van der Waals surface area contributed by atoms with Crippen LogP contribution in [-0.4, -0.2) is 15.0 Å². The maximum atomic E-state index is 4.65. The van der Waals surface area contributed by atoms with Gasteiger partial charge in [-0.3, -0.25) is 9.97 Å². The largest absolute Gasteiger partial charge is 0.305 e. The molecule has 0 fully saturated rings. The summed E-state index contributed by atoms with van der Waals surface area (Å²) in [5, 5.41) is 6.60. The van der Waals surface area contributed by atoms with E-state index in [1.54, 1.807) is 17.5 Å². The van der Waals surface area contributed by atoms with Crippen LogP contribution in [0.5, 0.6) is 0 Å². The molecule has 102 valence electrons. The lowest BCUT2D eigenvalue weighted by atomic mass is 9.93. The first-order chi connectivity index (χ1) is 8.95. The second-order valence-corrected chi connectivity index (χ2v) is 6.57. The minimum atomic E-state index is 0.122. The van der Waals surface area contributed by atoms with Crippen molar-refractivity contribution < 1.29 is 0 Å². The summed E-state index contributed by atoms with van der Waals surface area (Å²) in [4.78, 5) is 13.2. The van der Waals surface area contributed by atoms with Crippen molar-refractivity contribution in [2.24, 2.45) is 0 Å². The molecular weight excluding hydrogens is 256 g/mol. The van der Waals surface area contributed by atoms with Crippen LogP contribution in [0.25, 0.3) is 0 Å². The molecule has 0 aromatic carbocycles. The molecule has 5 heteroatoms. The molecule has 0 amide bonds. The van der Waals surface area contributed by atoms with E-state index in [1.807, 2.05) is 13.1 Å². The van der Waals surface area contributed by atoms with Crippen LogP contribution in [0.2, 0.25) is 0 Å². The van der Waals surface area contributed by atoms with Crippen molar-refractivity contribution in [3.63, 3.8) is 0 Å². The second-order valence-electron chi connectivity index (χ2n) is 5.63. The molecule has 0 bridgehead atoms. The van der Waals surface area contributed by atoms with Gasteiger partial charge in [0.15, 0.2) is 0 Å². The molecule has 0 unspecified atom stereocenters. The fourth-order valence-electron chi connectivity index (χ4n) is 1.54. The zero-order valence-electron chi connectivity index (χ0n) is 11.9. The molecule has 0 atom stereocenters. The van der Waals surface area contributed by atoms with Crippen LogP contribution >= 0.6 is 11.3 Å². The summed E-state index contributed by atoms with van der Waals surface area (Å²) in [7, 11) is 0. The van der Waals surface area contributed by atoms with Crippen molar-refractivity contribution in [3.8, 4) is 0 Å². The first-order valence-electron chi connectivity index (χ1n) is 6.38. The highest BCUT2D eigenvalue weighted by atomic mass is 32.1. The first-order valence-corrected chi connectivity index (χ1v) is 7.26. The zero-order valence-corrected chi connectivity index (χ0v) is 12.7. The highest BCUT2D eigenvalue weighted by Crippen LogP contribution is 2.23. The standard InChI is InChI=1S/C14H20N4S/c1-10-5-17-11(7-16-10)6-15-8-13-18-12(9-19-13)14(2,3)4/h5,7,9,15H,6,8H2,1-4H3. The van der Waals surface area contributed by atoms with Crippen molar-refractivity contribution in [2.75, 3.05) is 0 Å². The summed E-state index contributed by atoms with van der Waals surface area (Å²) < 4.78 is 0.